The summed E-state index contributed by atoms with van der Waals surface area (Å²) in [4.78, 5) is 26.0. The first-order valence-electron chi connectivity index (χ1n) is 9.63. The molecule has 0 aliphatic rings. The van der Waals surface area contributed by atoms with Gasteiger partial charge in [-0.05, 0) is 49.2 Å². The average Bonchev–Trinajstić information content (AvgIpc) is 2.77. The van der Waals surface area contributed by atoms with Gasteiger partial charge in [0.05, 0.1) is 17.3 Å². The summed E-state index contributed by atoms with van der Waals surface area (Å²) in [6, 6.07) is 19.6. The Labute approximate surface area is 183 Å². The standard InChI is InChI=1S/C24H19ClN4O2/c1-15-11-12-18(13-16(15)2)29-24(31)20-9-5-4-8-19(20)22(28-29)23(30)27-26-14-17-7-3-6-10-21(17)25/h3-14H,1-2H3,(H,27,30)/b26-14+. The van der Waals surface area contributed by atoms with E-state index in [1.165, 1.54) is 10.9 Å². The van der Waals surface area contributed by atoms with Crippen molar-refractivity contribution in [3.63, 3.8) is 0 Å². The molecule has 3 aromatic carbocycles. The molecular weight excluding hydrogens is 412 g/mol. The van der Waals surface area contributed by atoms with E-state index < -0.39 is 5.91 Å². The SMILES string of the molecule is Cc1ccc(-n2nc(C(=O)N/N=C/c3ccccc3Cl)c3ccccc3c2=O)cc1C. The molecule has 4 rings (SSSR count). The van der Waals surface area contributed by atoms with Crippen LogP contribution in [0.1, 0.15) is 27.2 Å². The van der Waals surface area contributed by atoms with Crippen LogP contribution in [-0.4, -0.2) is 21.9 Å². The molecule has 0 bridgehead atoms. The summed E-state index contributed by atoms with van der Waals surface area (Å²) in [6.45, 7) is 3.95. The van der Waals surface area contributed by atoms with E-state index >= 15 is 0 Å². The molecule has 1 amide bonds. The van der Waals surface area contributed by atoms with Crippen LogP contribution in [0.25, 0.3) is 16.5 Å². The van der Waals surface area contributed by atoms with Gasteiger partial charge in [-0.1, -0.05) is 54.1 Å². The molecule has 0 aliphatic heterocycles. The number of nitrogens with zero attached hydrogens (tertiary/aromatic N) is 3. The third-order valence-corrected chi connectivity index (χ3v) is 5.37. The van der Waals surface area contributed by atoms with E-state index in [1.807, 2.05) is 44.2 Å². The van der Waals surface area contributed by atoms with Crippen LogP contribution in [0.5, 0.6) is 0 Å². The summed E-state index contributed by atoms with van der Waals surface area (Å²) in [5, 5.41) is 9.75. The Bertz CT molecular complexity index is 1390. The van der Waals surface area contributed by atoms with Gasteiger partial charge in [-0.15, -0.1) is 0 Å². The van der Waals surface area contributed by atoms with E-state index in [9.17, 15) is 9.59 Å². The number of nitrogens with one attached hydrogen (secondary N) is 1. The normalized spacial score (nSPS) is 11.2. The number of halogens is 1. The first kappa shape index (κ1) is 20.5. The topological polar surface area (TPSA) is 76.3 Å². The number of aryl methyl sites for hydroxylation is 2. The molecule has 31 heavy (non-hydrogen) atoms. The van der Waals surface area contributed by atoms with Crippen LogP contribution in [0.15, 0.2) is 76.6 Å². The molecule has 1 aromatic heterocycles. The van der Waals surface area contributed by atoms with E-state index in [2.05, 4.69) is 15.6 Å². The number of rotatable bonds is 4. The summed E-state index contributed by atoms with van der Waals surface area (Å²) in [6.07, 6.45) is 1.46. The fourth-order valence-corrected chi connectivity index (χ4v) is 3.37. The Morgan fingerprint density at radius 1 is 1.00 bits per heavy atom. The predicted molar refractivity (Wildman–Crippen MR) is 123 cm³/mol. The van der Waals surface area contributed by atoms with Crippen molar-refractivity contribution < 1.29 is 4.79 Å². The molecule has 154 valence electrons. The first-order chi connectivity index (χ1) is 15.0. The summed E-state index contributed by atoms with van der Waals surface area (Å²) < 4.78 is 1.25. The Morgan fingerprint density at radius 3 is 2.45 bits per heavy atom. The lowest BCUT2D eigenvalue weighted by Gasteiger charge is -2.11. The second-order valence-corrected chi connectivity index (χ2v) is 7.51. The molecular formula is C24H19ClN4O2. The van der Waals surface area contributed by atoms with Gasteiger partial charge in [-0.2, -0.15) is 14.9 Å². The lowest BCUT2D eigenvalue weighted by molar-refractivity contribution is 0.0950. The Balaban J connectivity index is 1.77. The maximum absolute atomic E-state index is 13.1. The van der Waals surface area contributed by atoms with E-state index in [4.69, 9.17) is 11.6 Å². The van der Waals surface area contributed by atoms with Crippen molar-refractivity contribution in [3.8, 4) is 5.69 Å². The minimum atomic E-state index is -0.530. The fourth-order valence-electron chi connectivity index (χ4n) is 3.18. The zero-order valence-electron chi connectivity index (χ0n) is 17.0. The first-order valence-corrected chi connectivity index (χ1v) is 10.0. The van der Waals surface area contributed by atoms with Gasteiger partial charge in [0.2, 0.25) is 0 Å². The molecule has 1 heterocycles. The predicted octanol–water partition coefficient (Wildman–Crippen LogP) is 4.42. The van der Waals surface area contributed by atoms with Crippen LogP contribution in [-0.2, 0) is 0 Å². The molecule has 0 aliphatic carbocycles. The maximum Gasteiger partial charge on any atom is 0.292 e. The minimum Gasteiger partial charge on any atom is -0.267 e. The number of fused-ring (bicyclic) bond motifs is 1. The van der Waals surface area contributed by atoms with Gasteiger partial charge in [0, 0.05) is 16.0 Å². The average molecular weight is 431 g/mol. The second kappa shape index (κ2) is 8.53. The maximum atomic E-state index is 13.1. The molecule has 0 saturated heterocycles. The lowest BCUT2D eigenvalue weighted by atomic mass is 10.1. The smallest absolute Gasteiger partial charge is 0.267 e. The number of carbonyl (C=O) groups excluding carboxylic acids is 1. The number of hydrogen-bond acceptors (Lipinski definition) is 4. The third-order valence-electron chi connectivity index (χ3n) is 5.03. The Morgan fingerprint density at radius 2 is 1.71 bits per heavy atom. The highest BCUT2D eigenvalue weighted by molar-refractivity contribution is 6.33. The number of aromatic nitrogens is 2. The number of benzene rings is 3. The largest absolute Gasteiger partial charge is 0.292 e. The van der Waals surface area contributed by atoms with E-state index in [-0.39, 0.29) is 11.3 Å². The molecule has 6 nitrogen and oxygen atoms in total. The van der Waals surface area contributed by atoms with Crippen LogP contribution in [0.4, 0.5) is 0 Å². The molecule has 0 radical (unpaired) electrons. The molecule has 0 saturated carbocycles. The van der Waals surface area contributed by atoms with Crippen LogP contribution in [0.2, 0.25) is 5.02 Å². The Hall–Kier alpha value is -3.77. The van der Waals surface area contributed by atoms with Crippen molar-refractivity contribution in [2.24, 2.45) is 5.10 Å². The molecule has 0 fully saturated rings. The number of hydrogen-bond donors (Lipinski definition) is 1. The zero-order valence-corrected chi connectivity index (χ0v) is 17.7. The summed E-state index contributed by atoms with van der Waals surface area (Å²) in [5.74, 6) is -0.530. The van der Waals surface area contributed by atoms with Gasteiger partial charge in [-0.25, -0.2) is 5.43 Å². The van der Waals surface area contributed by atoms with Crippen LogP contribution >= 0.6 is 11.6 Å². The minimum absolute atomic E-state index is 0.102. The molecule has 1 N–H and O–H groups in total. The van der Waals surface area contributed by atoms with Crippen LogP contribution < -0.4 is 11.0 Å². The molecule has 4 aromatic rings. The van der Waals surface area contributed by atoms with Crippen LogP contribution in [0, 0.1) is 13.8 Å². The summed E-state index contributed by atoms with van der Waals surface area (Å²) in [7, 11) is 0. The van der Waals surface area contributed by atoms with Gasteiger partial charge in [-0.3, -0.25) is 9.59 Å². The van der Waals surface area contributed by atoms with Gasteiger partial charge >= 0.3 is 0 Å². The number of carbonyl (C=O) groups is 1. The monoisotopic (exact) mass is 430 g/mol. The lowest BCUT2D eigenvalue weighted by Crippen LogP contribution is -2.28. The van der Waals surface area contributed by atoms with Gasteiger partial charge < -0.3 is 0 Å². The van der Waals surface area contributed by atoms with Crippen LogP contribution in [0.3, 0.4) is 0 Å². The van der Waals surface area contributed by atoms with Gasteiger partial charge in [0.25, 0.3) is 11.5 Å². The highest BCUT2D eigenvalue weighted by atomic mass is 35.5. The second-order valence-electron chi connectivity index (χ2n) is 7.10. The number of amides is 1. The zero-order chi connectivity index (χ0) is 22.0. The fraction of sp³-hybridized carbons (Fsp3) is 0.0833. The molecule has 0 unspecified atom stereocenters. The summed E-state index contributed by atoms with van der Waals surface area (Å²) >= 11 is 6.11. The molecule has 7 heteroatoms. The highest BCUT2D eigenvalue weighted by Gasteiger charge is 2.17. The Kier molecular flexibility index (Phi) is 5.64. The van der Waals surface area contributed by atoms with Crippen molar-refractivity contribution >= 4 is 34.5 Å². The third kappa shape index (κ3) is 4.11. The highest BCUT2D eigenvalue weighted by Crippen LogP contribution is 2.17. The quantitative estimate of drug-likeness (QED) is 0.384. The van der Waals surface area contributed by atoms with Gasteiger partial charge in [0.1, 0.15) is 0 Å². The van der Waals surface area contributed by atoms with Crippen molar-refractivity contribution in [3.05, 3.63) is 104 Å². The van der Waals surface area contributed by atoms with E-state index in [0.29, 0.717) is 27.0 Å². The van der Waals surface area contributed by atoms with Crippen molar-refractivity contribution in [2.45, 2.75) is 13.8 Å². The summed E-state index contributed by atoms with van der Waals surface area (Å²) in [5.41, 5.74) is 5.67. The number of hydrazone groups is 1. The van der Waals surface area contributed by atoms with Gasteiger partial charge in [0.15, 0.2) is 5.69 Å². The van der Waals surface area contributed by atoms with E-state index in [0.717, 1.165) is 11.1 Å². The van der Waals surface area contributed by atoms with Crippen molar-refractivity contribution in [1.29, 1.82) is 0 Å². The molecule has 0 atom stereocenters. The molecule has 0 spiro atoms. The van der Waals surface area contributed by atoms with E-state index in [1.54, 1.807) is 36.4 Å². The van der Waals surface area contributed by atoms with Crippen molar-refractivity contribution in [1.82, 2.24) is 15.2 Å². The van der Waals surface area contributed by atoms with Crippen molar-refractivity contribution in [2.75, 3.05) is 0 Å².